The summed E-state index contributed by atoms with van der Waals surface area (Å²) in [5.41, 5.74) is 1.55. The van der Waals surface area contributed by atoms with Gasteiger partial charge in [-0.25, -0.2) is 0 Å². The van der Waals surface area contributed by atoms with Crippen molar-refractivity contribution in [3.05, 3.63) is 48.0 Å². The molecular weight excluding hydrogens is 216 g/mol. The summed E-state index contributed by atoms with van der Waals surface area (Å²) in [6.45, 7) is 4.42. The molecule has 1 heteroatoms. The second kappa shape index (κ2) is 4.47. The van der Waals surface area contributed by atoms with Crippen molar-refractivity contribution in [1.82, 2.24) is 0 Å². The van der Waals surface area contributed by atoms with Gasteiger partial charge in [0.15, 0.2) is 0 Å². The Kier molecular flexibility index (Phi) is 3.20. The highest BCUT2D eigenvalue weighted by Crippen LogP contribution is 2.27. The zero-order valence-corrected chi connectivity index (χ0v) is 10.6. The molecule has 0 unspecified atom stereocenters. The summed E-state index contributed by atoms with van der Waals surface area (Å²) in [5, 5.41) is 2.66. The van der Waals surface area contributed by atoms with E-state index in [-0.39, 0.29) is 5.41 Å². The number of fused-ring (bicyclic) bond motifs is 1. The molecule has 0 N–H and O–H groups in total. The first-order valence-electron chi connectivity index (χ1n) is 5.65. The van der Waals surface area contributed by atoms with Crippen molar-refractivity contribution in [2.45, 2.75) is 20.3 Å². The van der Waals surface area contributed by atoms with E-state index in [2.05, 4.69) is 56.3 Å². The van der Waals surface area contributed by atoms with Crippen LogP contribution in [0.1, 0.15) is 19.4 Å². The van der Waals surface area contributed by atoms with Crippen LogP contribution in [0.15, 0.2) is 42.5 Å². The molecule has 0 saturated carbocycles. The number of rotatable bonds is 3. The van der Waals surface area contributed by atoms with Crippen LogP contribution in [0, 0.1) is 5.41 Å². The van der Waals surface area contributed by atoms with E-state index < -0.39 is 0 Å². The van der Waals surface area contributed by atoms with Gasteiger partial charge in [-0.3, -0.25) is 0 Å². The van der Waals surface area contributed by atoms with E-state index in [9.17, 15) is 0 Å². The minimum Gasteiger partial charge on any atom is -0.126 e. The lowest BCUT2D eigenvalue weighted by atomic mass is 9.86. The Hall–Kier alpha value is -1.01. The molecule has 0 amide bonds. The molecule has 0 aromatic heterocycles. The van der Waals surface area contributed by atoms with Gasteiger partial charge in [0.1, 0.15) is 0 Å². The number of hydrogen-bond donors (Lipinski definition) is 0. The maximum atomic E-state index is 5.99. The molecule has 2 aromatic carbocycles. The standard InChI is InChI=1S/C15H17Cl/c1-15(2,11-16)10-13-8-5-7-12-6-3-4-9-14(12)13/h3-9H,10-11H2,1-2H3. The maximum absolute atomic E-state index is 5.99. The first-order valence-corrected chi connectivity index (χ1v) is 6.18. The summed E-state index contributed by atoms with van der Waals surface area (Å²) in [5.74, 6) is 0.691. The van der Waals surface area contributed by atoms with Crippen LogP contribution in [0.3, 0.4) is 0 Å². The van der Waals surface area contributed by atoms with Gasteiger partial charge in [0, 0.05) is 5.88 Å². The molecule has 0 saturated heterocycles. The Morgan fingerprint density at radius 3 is 2.44 bits per heavy atom. The van der Waals surface area contributed by atoms with Gasteiger partial charge in [-0.1, -0.05) is 56.3 Å². The van der Waals surface area contributed by atoms with Gasteiger partial charge in [0.05, 0.1) is 0 Å². The van der Waals surface area contributed by atoms with Gasteiger partial charge in [-0.2, -0.15) is 0 Å². The van der Waals surface area contributed by atoms with E-state index in [4.69, 9.17) is 11.6 Å². The Balaban J connectivity index is 2.45. The molecule has 0 heterocycles. The SMILES string of the molecule is CC(C)(CCl)Cc1cccc2ccccc12. The lowest BCUT2D eigenvalue weighted by molar-refractivity contribution is 0.419. The number of hydrogen-bond acceptors (Lipinski definition) is 0. The van der Waals surface area contributed by atoms with E-state index in [1.807, 2.05) is 0 Å². The average molecular weight is 233 g/mol. The lowest BCUT2D eigenvalue weighted by Gasteiger charge is -2.22. The van der Waals surface area contributed by atoms with Crippen LogP contribution in [0.25, 0.3) is 10.8 Å². The van der Waals surface area contributed by atoms with E-state index in [0.717, 1.165) is 6.42 Å². The minimum atomic E-state index is 0.158. The van der Waals surface area contributed by atoms with Crippen LogP contribution in [0.5, 0.6) is 0 Å². The van der Waals surface area contributed by atoms with Gasteiger partial charge in [0.25, 0.3) is 0 Å². The Labute approximate surface area is 102 Å². The maximum Gasteiger partial charge on any atom is 0.0277 e. The predicted molar refractivity (Wildman–Crippen MR) is 72.2 cm³/mol. The smallest absolute Gasteiger partial charge is 0.0277 e. The van der Waals surface area contributed by atoms with Gasteiger partial charge >= 0.3 is 0 Å². The fourth-order valence-corrected chi connectivity index (χ4v) is 2.10. The van der Waals surface area contributed by atoms with Crippen LogP contribution in [-0.4, -0.2) is 5.88 Å². The van der Waals surface area contributed by atoms with Crippen molar-refractivity contribution >= 4 is 22.4 Å². The Bertz CT molecular complexity index is 480. The molecule has 0 aliphatic heterocycles. The van der Waals surface area contributed by atoms with Crippen molar-refractivity contribution in [1.29, 1.82) is 0 Å². The summed E-state index contributed by atoms with van der Waals surface area (Å²) < 4.78 is 0. The van der Waals surface area contributed by atoms with Crippen LogP contribution >= 0.6 is 11.6 Å². The summed E-state index contributed by atoms with van der Waals surface area (Å²) >= 11 is 5.99. The lowest BCUT2D eigenvalue weighted by Crippen LogP contribution is -2.16. The van der Waals surface area contributed by atoms with E-state index in [0.29, 0.717) is 5.88 Å². The second-order valence-corrected chi connectivity index (χ2v) is 5.38. The first-order chi connectivity index (χ1) is 7.62. The topological polar surface area (TPSA) is 0 Å². The molecule has 84 valence electrons. The Morgan fingerprint density at radius 2 is 1.69 bits per heavy atom. The molecule has 0 bridgehead atoms. The second-order valence-electron chi connectivity index (χ2n) is 5.11. The summed E-state index contributed by atoms with van der Waals surface area (Å²) in [6, 6.07) is 15.0. The quantitative estimate of drug-likeness (QED) is 0.676. The first kappa shape index (κ1) is 11.5. The zero-order valence-electron chi connectivity index (χ0n) is 9.83. The molecule has 0 radical (unpaired) electrons. The highest BCUT2D eigenvalue weighted by atomic mass is 35.5. The summed E-state index contributed by atoms with van der Waals surface area (Å²) in [6.07, 6.45) is 1.03. The molecule has 0 nitrogen and oxygen atoms in total. The molecular formula is C15H17Cl. The third kappa shape index (κ3) is 2.38. The zero-order chi connectivity index (χ0) is 11.6. The van der Waals surface area contributed by atoms with E-state index in [1.54, 1.807) is 0 Å². The highest BCUT2D eigenvalue weighted by Gasteiger charge is 2.17. The number of halogens is 1. The molecule has 16 heavy (non-hydrogen) atoms. The minimum absolute atomic E-state index is 0.158. The number of benzene rings is 2. The molecule has 0 spiro atoms. The van der Waals surface area contributed by atoms with Crippen LogP contribution in [0.2, 0.25) is 0 Å². The summed E-state index contributed by atoms with van der Waals surface area (Å²) in [4.78, 5) is 0. The van der Waals surface area contributed by atoms with Crippen molar-refractivity contribution < 1.29 is 0 Å². The molecule has 0 aliphatic rings. The normalized spacial score (nSPS) is 11.9. The fourth-order valence-electron chi connectivity index (χ4n) is 2.01. The van der Waals surface area contributed by atoms with E-state index in [1.165, 1.54) is 16.3 Å². The van der Waals surface area contributed by atoms with Gasteiger partial charge < -0.3 is 0 Å². The third-order valence-corrected chi connectivity index (χ3v) is 3.63. The van der Waals surface area contributed by atoms with Crippen molar-refractivity contribution in [2.24, 2.45) is 5.41 Å². The van der Waals surface area contributed by atoms with Crippen molar-refractivity contribution in [3.63, 3.8) is 0 Å². The van der Waals surface area contributed by atoms with Crippen LogP contribution in [-0.2, 0) is 6.42 Å². The Morgan fingerprint density at radius 1 is 1.00 bits per heavy atom. The molecule has 0 aliphatic carbocycles. The van der Waals surface area contributed by atoms with Crippen LogP contribution < -0.4 is 0 Å². The van der Waals surface area contributed by atoms with Crippen LogP contribution in [0.4, 0.5) is 0 Å². The fraction of sp³-hybridized carbons (Fsp3) is 0.333. The molecule has 0 fully saturated rings. The molecule has 2 aromatic rings. The third-order valence-electron chi connectivity index (χ3n) is 2.91. The monoisotopic (exact) mass is 232 g/mol. The summed E-state index contributed by atoms with van der Waals surface area (Å²) in [7, 11) is 0. The number of alkyl halides is 1. The predicted octanol–water partition coefficient (Wildman–Crippen LogP) is 4.65. The van der Waals surface area contributed by atoms with Crippen molar-refractivity contribution in [3.8, 4) is 0 Å². The van der Waals surface area contributed by atoms with Crippen molar-refractivity contribution in [2.75, 3.05) is 5.88 Å². The van der Waals surface area contributed by atoms with Gasteiger partial charge in [-0.05, 0) is 28.2 Å². The molecule has 2 rings (SSSR count). The molecule has 0 atom stereocenters. The van der Waals surface area contributed by atoms with E-state index >= 15 is 0 Å². The largest absolute Gasteiger partial charge is 0.126 e. The van der Waals surface area contributed by atoms with Gasteiger partial charge in [0.2, 0.25) is 0 Å². The highest BCUT2D eigenvalue weighted by molar-refractivity contribution is 6.18. The van der Waals surface area contributed by atoms with Gasteiger partial charge in [-0.15, -0.1) is 11.6 Å². The average Bonchev–Trinajstić information content (AvgIpc) is 2.29.